The van der Waals surface area contributed by atoms with Crippen LogP contribution >= 0.6 is 11.6 Å². The fraction of sp³-hybridized carbons (Fsp3) is 0.471. The minimum absolute atomic E-state index is 0.324. The smallest absolute Gasteiger partial charge is 0.248 e. The number of benzene rings is 1. The van der Waals surface area contributed by atoms with Crippen LogP contribution in [0.2, 0.25) is 5.02 Å². The van der Waals surface area contributed by atoms with Crippen LogP contribution in [-0.4, -0.2) is 29.2 Å². The third-order valence-electron chi connectivity index (χ3n) is 3.28. The first kappa shape index (κ1) is 18.3. The SMILES string of the molecule is CCNC(=NCc1nc(-c2cccc(Cl)c2)no1)NCCC(C)C. The average Bonchev–Trinajstić information content (AvgIpc) is 3.01. The summed E-state index contributed by atoms with van der Waals surface area (Å²) in [5.74, 6) is 2.38. The molecule has 0 aliphatic heterocycles. The van der Waals surface area contributed by atoms with Gasteiger partial charge in [-0.2, -0.15) is 4.98 Å². The molecule has 6 nitrogen and oxygen atoms in total. The van der Waals surface area contributed by atoms with Crippen molar-refractivity contribution < 1.29 is 4.52 Å². The van der Waals surface area contributed by atoms with E-state index in [0.29, 0.717) is 29.2 Å². The van der Waals surface area contributed by atoms with Crippen molar-refractivity contribution in [3.05, 3.63) is 35.2 Å². The Bertz CT molecular complexity index is 669. The second kappa shape index (κ2) is 9.27. The largest absolute Gasteiger partial charge is 0.357 e. The van der Waals surface area contributed by atoms with Crippen molar-refractivity contribution in [2.24, 2.45) is 10.9 Å². The molecule has 0 bridgehead atoms. The molecule has 1 heterocycles. The van der Waals surface area contributed by atoms with Crippen LogP contribution < -0.4 is 10.6 Å². The van der Waals surface area contributed by atoms with E-state index in [1.807, 2.05) is 25.1 Å². The molecule has 0 saturated heterocycles. The Balaban J connectivity index is 1.98. The Labute approximate surface area is 147 Å². The second-order valence-electron chi connectivity index (χ2n) is 5.83. The number of rotatable bonds is 7. The van der Waals surface area contributed by atoms with Crippen molar-refractivity contribution in [1.82, 2.24) is 20.8 Å². The molecule has 1 aromatic carbocycles. The van der Waals surface area contributed by atoms with E-state index in [-0.39, 0.29) is 0 Å². The summed E-state index contributed by atoms with van der Waals surface area (Å²) in [6, 6.07) is 7.36. The monoisotopic (exact) mass is 349 g/mol. The molecule has 0 saturated carbocycles. The van der Waals surface area contributed by atoms with E-state index in [1.54, 1.807) is 6.07 Å². The van der Waals surface area contributed by atoms with Crippen LogP contribution in [0.4, 0.5) is 0 Å². The summed E-state index contributed by atoms with van der Waals surface area (Å²) in [5.41, 5.74) is 0.823. The molecular formula is C17H24ClN5O. The summed E-state index contributed by atoms with van der Waals surface area (Å²) in [4.78, 5) is 8.84. The van der Waals surface area contributed by atoms with Crippen molar-refractivity contribution in [3.63, 3.8) is 0 Å². The maximum absolute atomic E-state index is 5.99. The lowest BCUT2D eigenvalue weighted by Gasteiger charge is -2.11. The van der Waals surface area contributed by atoms with Gasteiger partial charge in [0.1, 0.15) is 6.54 Å². The number of nitrogens with one attached hydrogen (secondary N) is 2. The van der Waals surface area contributed by atoms with E-state index in [0.717, 1.165) is 31.0 Å². The molecule has 2 N–H and O–H groups in total. The molecule has 0 fully saturated rings. The van der Waals surface area contributed by atoms with E-state index in [9.17, 15) is 0 Å². The van der Waals surface area contributed by atoms with E-state index in [2.05, 4.69) is 39.6 Å². The first-order chi connectivity index (χ1) is 11.6. The Morgan fingerprint density at radius 2 is 2.17 bits per heavy atom. The highest BCUT2D eigenvalue weighted by Gasteiger charge is 2.09. The van der Waals surface area contributed by atoms with Gasteiger partial charge < -0.3 is 15.2 Å². The average molecular weight is 350 g/mol. The van der Waals surface area contributed by atoms with Crippen LogP contribution in [-0.2, 0) is 6.54 Å². The van der Waals surface area contributed by atoms with Gasteiger partial charge in [0, 0.05) is 23.7 Å². The van der Waals surface area contributed by atoms with Crippen molar-refractivity contribution in [1.29, 1.82) is 0 Å². The van der Waals surface area contributed by atoms with Gasteiger partial charge in [-0.1, -0.05) is 42.7 Å². The summed E-state index contributed by atoms with van der Waals surface area (Å²) in [5, 5.41) is 11.1. The van der Waals surface area contributed by atoms with Gasteiger partial charge in [0.2, 0.25) is 11.7 Å². The molecule has 7 heteroatoms. The van der Waals surface area contributed by atoms with Gasteiger partial charge in [0.05, 0.1) is 0 Å². The Morgan fingerprint density at radius 3 is 2.88 bits per heavy atom. The summed E-state index contributed by atoms with van der Waals surface area (Å²) >= 11 is 5.99. The van der Waals surface area contributed by atoms with Gasteiger partial charge in [0.25, 0.3) is 0 Å². The number of aliphatic imine (C=N–C) groups is 1. The zero-order chi connectivity index (χ0) is 17.4. The summed E-state index contributed by atoms with van der Waals surface area (Å²) in [7, 11) is 0. The topological polar surface area (TPSA) is 75.3 Å². The predicted molar refractivity (Wildman–Crippen MR) is 97.0 cm³/mol. The molecule has 0 unspecified atom stereocenters. The summed E-state index contributed by atoms with van der Waals surface area (Å²) < 4.78 is 5.26. The molecule has 0 spiro atoms. The minimum atomic E-state index is 0.324. The molecule has 0 atom stereocenters. The number of aromatic nitrogens is 2. The Hall–Kier alpha value is -2.08. The van der Waals surface area contributed by atoms with Gasteiger partial charge in [0.15, 0.2) is 5.96 Å². The van der Waals surface area contributed by atoms with Crippen LogP contribution in [0.1, 0.15) is 33.1 Å². The quantitative estimate of drug-likeness (QED) is 0.591. The highest BCUT2D eigenvalue weighted by atomic mass is 35.5. The standard InChI is InChI=1S/C17H24ClN5O/c1-4-19-17(20-9-8-12(2)3)21-11-15-22-16(23-24-15)13-6-5-7-14(18)10-13/h5-7,10,12H,4,8-9,11H2,1-3H3,(H2,19,20,21). The molecular weight excluding hydrogens is 326 g/mol. The van der Waals surface area contributed by atoms with Crippen molar-refractivity contribution in [2.45, 2.75) is 33.7 Å². The van der Waals surface area contributed by atoms with Crippen LogP contribution in [0.5, 0.6) is 0 Å². The lowest BCUT2D eigenvalue weighted by Crippen LogP contribution is -2.38. The van der Waals surface area contributed by atoms with Gasteiger partial charge in [-0.3, -0.25) is 0 Å². The molecule has 2 aromatic rings. The van der Waals surface area contributed by atoms with E-state index < -0.39 is 0 Å². The minimum Gasteiger partial charge on any atom is -0.357 e. The van der Waals surface area contributed by atoms with Crippen LogP contribution in [0.3, 0.4) is 0 Å². The number of nitrogens with zero attached hydrogens (tertiary/aromatic N) is 3. The number of hydrogen-bond donors (Lipinski definition) is 2. The third kappa shape index (κ3) is 5.85. The molecule has 130 valence electrons. The lowest BCUT2D eigenvalue weighted by atomic mass is 10.1. The van der Waals surface area contributed by atoms with E-state index in [4.69, 9.17) is 16.1 Å². The maximum atomic E-state index is 5.99. The van der Waals surface area contributed by atoms with Gasteiger partial charge in [-0.25, -0.2) is 4.99 Å². The number of guanidine groups is 1. The number of halogens is 1. The third-order valence-corrected chi connectivity index (χ3v) is 3.52. The van der Waals surface area contributed by atoms with Crippen molar-refractivity contribution >= 4 is 17.6 Å². The molecule has 1 aromatic heterocycles. The van der Waals surface area contributed by atoms with Crippen molar-refractivity contribution in [2.75, 3.05) is 13.1 Å². The highest BCUT2D eigenvalue weighted by Crippen LogP contribution is 2.19. The van der Waals surface area contributed by atoms with Gasteiger partial charge >= 0.3 is 0 Å². The first-order valence-corrected chi connectivity index (χ1v) is 8.57. The second-order valence-corrected chi connectivity index (χ2v) is 6.26. The molecule has 0 aliphatic carbocycles. The molecule has 0 amide bonds. The molecule has 0 radical (unpaired) electrons. The zero-order valence-corrected chi connectivity index (χ0v) is 15.1. The maximum Gasteiger partial charge on any atom is 0.248 e. The highest BCUT2D eigenvalue weighted by molar-refractivity contribution is 6.30. The Morgan fingerprint density at radius 1 is 1.33 bits per heavy atom. The summed E-state index contributed by atoms with van der Waals surface area (Å²) in [6.45, 7) is 8.42. The fourth-order valence-corrected chi connectivity index (χ4v) is 2.22. The lowest BCUT2D eigenvalue weighted by molar-refractivity contribution is 0.380. The zero-order valence-electron chi connectivity index (χ0n) is 14.3. The van der Waals surface area contributed by atoms with Crippen molar-refractivity contribution in [3.8, 4) is 11.4 Å². The van der Waals surface area contributed by atoms with E-state index >= 15 is 0 Å². The van der Waals surface area contributed by atoms with Crippen LogP contribution in [0.15, 0.2) is 33.8 Å². The molecule has 24 heavy (non-hydrogen) atoms. The normalized spacial score (nSPS) is 11.8. The predicted octanol–water partition coefficient (Wildman–Crippen LogP) is 3.49. The van der Waals surface area contributed by atoms with Crippen LogP contribution in [0.25, 0.3) is 11.4 Å². The van der Waals surface area contributed by atoms with Gasteiger partial charge in [-0.15, -0.1) is 0 Å². The molecule has 2 rings (SSSR count). The Kier molecular flexibility index (Phi) is 7.06. The fourth-order valence-electron chi connectivity index (χ4n) is 2.03. The molecule has 0 aliphatic rings. The van der Waals surface area contributed by atoms with Gasteiger partial charge in [-0.05, 0) is 31.4 Å². The summed E-state index contributed by atoms with van der Waals surface area (Å²) in [6.07, 6.45) is 1.09. The number of hydrogen-bond acceptors (Lipinski definition) is 4. The first-order valence-electron chi connectivity index (χ1n) is 8.19. The van der Waals surface area contributed by atoms with Crippen LogP contribution in [0, 0.1) is 5.92 Å². The van der Waals surface area contributed by atoms with E-state index in [1.165, 1.54) is 0 Å².